The average molecular weight is 509 g/mol. The summed E-state index contributed by atoms with van der Waals surface area (Å²) in [5.74, 6) is 0.577. The highest BCUT2D eigenvalue weighted by atomic mass is 35.5. The second-order valence-corrected chi connectivity index (χ2v) is 9.61. The highest BCUT2D eigenvalue weighted by Gasteiger charge is 2.31. The van der Waals surface area contributed by atoms with Gasteiger partial charge in [-0.05, 0) is 54.8 Å². The zero-order valence-corrected chi connectivity index (χ0v) is 20.5. The summed E-state index contributed by atoms with van der Waals surface area (Å²) >= 11 is 18.6. The molecule has 9 heteroatoms. The van der Waals surface area contributed by atoms with E-state index >= 15 is 0 Å². The van der Waals surface area contributed by atoms with Crippen LogP contribution in [0.25, 0.3) is 6.08 Å². The van der Waals surface area contributed by atoms with Gasteiger partial charge >= 0.3 is 0 Å². The predicted octanol–water partition coefficient (Wildman–Crippen LogP) is 6.40. The number of thioether (sulfide) groups is 1. The summed E-state index contributed by atoms with van der Waals surface area (Å²) < 4.78 is 5.71. The molecule has 1 aliphatic heterocycles. The first-order chi connectivity index (χ1) is 15.4. The molecule has 0 spiro atoms. The third-order valence-corrected chi connectivity index (χ3v) is 6.70. The zero-order chi connectivity index (χ0) is 23.1. The van der Waals surface area contributed by atoms with Crippen LogP contribution in [0.4, 0.5) is 5.69 Å². The third-order valence-electron chi connectivity index (χ3n) is 4.78. The van der Waals surface area contributed by atoms with Crippen molar-refractivity contribution in [2.75, 3.05) is 19.0 Å². The molecule has 0 atom stereocenters. The summed E-state index contributed by atoms with van der Waals surface area (Å²) in [4.78, 5) is 27.1. The van der Waals surface area contributed by atoms with Crippen LogP contribution in [0.5, 0.6) is 5.75 Å². The molecule has 2 amide bonds. The van der Waals surface area contributed by atoms with Gasteiger partial charge < -0.3 is 10.1 Å². The van der Waals surface area contributed by atoms with Gasteiger partial charge in [-0.25, -0.2) is 0 Å². The minimum absolute atomic E-state index is 0.0778. The molecule has 2 aromatic carbocycles. The first-order valence-electron chi connectivity index (χ1n) is 10.0. The van der Waals surface area contributed by atoms with Crippen LogP contribution in [-0.4, -0.2) is 34.7 Å². The number of hydrogen-bond acceptors (Lipinski definition) is 5. The Morgan fingerprint density at radius 2 is 1.91 bits per heavy atom. The fraction of sp³-hybridized carbons (Fsp3) is 0.261. The Morgan fingerprint density at radius 3 is 2.59 bits per heavy atom. The molecule has 0 unspecified atom stereocenters. The number of unbranched alkanes of at least 4 members (excludes halogenated alkanes) is 2. The lowest BCUT2D eigenvalue weighted by Crippen LogP contribution is -2.29. The van der Waals surface area contributed by atoms with Gasteiger partial charge in [0.25, 0.3) is 5.91 Å². The number of ether oxygens (including phenoxy) is 1. The molecular formula is C23H22Cl2N2O3S2. The van der Waals surface area contributed by atoms with E-state index in [4.69, 9.17) is 40.2 Å². The van der Waals surface area contributed by atoms with E-state index in [9.17, 15) is 9.59 Å². The molecule has 0 radical (unpaired) electrons. The Labute approximate surface area is 207 Å². The van der Waals surface area contributed by atoms with Gasteiger partial charge in [-0.15, -0.1) is 0 Å². The topological polar surface area (TPSA) is 58.6 Å². The summed E-state index contributed by atoms with van der Waals surface area (Å²) in [7, 11) is 1.61. The van der Waals surface area contributed by atoms with Crippen molar-refractivity contribution in [3.8, 4) is 5.75 Å². The van der Waals surface area contributed by atoms with E-state index in [0.29, 0.717) is 44.3 Å². The number of nitrogens with one attached hydrogen (secondary N) is 1. The van der Waals surface area contributed by atoms with Gasteiger partial charge in [0.2, 0.25) is 5.91 Å². The number of methoxy groups -OCH3 is 1. The van der Waals surface area contributed by atoms with Crippen molar-refractivity contribution < 1.29 is 14.3 Å². The van der Waals surface area contributed by atoms with E-state index < -0.39 is 0 Å². The highest BCUT2D eigenvalue weighted by molar-refractivity contribution is 8.26. The maximum Gasteiger partial charge on any atom is 0.266 e. The Hall–Kier alpha value is -2.06. The van der Waals surface area contributed by atoms with Crippen LogP contribution in [0, 0.1) is 0 Å². The fourth-order valence-electron chi connectivity index (χ4n) is 3.08. The van der Waals surface area contributed by atoms with E-state index in [1.165, 1.54) is 11.8 Å². The highest BCUT2D eigenvalue weighted by Crippen LogP contribution is 2.33. The normalized spacial score (nSPS) is 14.8. The fourth-order valence-corrected chi connectivity index (χ4v) is 4.84. The Bertz CT molecular complexity index is 1040. The van der Waals surface area contributed by atoms with Gasteiger partial charge in [0.05, 0.1) is 22.7 Å². The molecule has 1 saturated heterocycles. The molecule has 1 heterocycles. The molecule has 168 valence electrons. The number of carbonyl (C=O) groups excluding carboxylic acids is 2. The molecular weight excluding hydrogens is 487 g/mol. The van der Waals surface area contributed by atoms with Gasteiger partial charge in [0.1, 0.15) is 10.1 Å². The van der Waals surface area contributed by atoms with Gasteiger partial charge in [0, 0.05) is 18.0 Å². The van der Waals surface area contributed by atoms with E-state index in [0.717, 1.165) is 24.2 Å². The van der Waals surface area contributed by atoms with Crippen molar-refractivity contribution in [1.29, 1.82) is 0 Å². The second-order valence-electron chi connectivity index (χ2n) is 7.09. The van der Waals surface area contributed by atoms with Crippen molar-refractivity contribution in [3.63, 3.8) is 0 Å². The summed E-state index contributed by atoms with van der Waals surface area (Å²) in [6.45, 7) is 0.537. The van der Waals surface area contributed by atoms with Crippen LogP contribution in [0.2, 0.25) is 10.0 Å². The monoisotopic (exact) mass is 508 g/mol. The zero-order valence-electron chi connectivity index (χ0n) is 17.4. The van der Waals surface area contributed by atoms with Crippen LogP contribution in [0.15, 0.2) is 47.4 Å². The van der Waals surface area contributed by atoms with Crippen molar-refractivity contribution in [2.45, 2.75) is 25.7 Å². The molecule has 1 fully saturated rings. The predicted molar refractivity (Wildman–Crippen MR) is 136 cm³/mol. The Balaban J connectivity index is 1.42. The first kappa shape index (κ1) is 24.6. The lowest BCUT2D eigenvalue weighted by Gasteiger charge is -2.14. The maximum absolute atomic E-state index is 12.7. The minimum atomic E-state index is -0.109. The lowest BCUT2D eigenvalue weighted by atomic mass is 10.1. The smallest absolute Gasteiger partial charge is 0.266 e. The quantitative estimate of drug-likeness (QED) is 0.241. The molecule has 1 aliphatic rings. The number of nitrogens with zero attached hydrogens (tertiary/aromatic N) is 1. The summed E-state index contributed by atoms with van der Waals surface area (Å²) in [5, 5.41) is 3.71. The molecule has 3 rings (SSSR count). The number of hydrogen-bond donors (Lipinski definition) is 1. The summed E-state index contributed by atoms with van der Waals surface area (Å²) in [6, 6.07) is 12.4. The molecule has 0 saturated carbocycles. The number of amides is 2. The summed E-state index contributed by atoms with van der Waals surface area (Å²) in [6.07, 6.45) is 4.47. The van der Waals surface area contributed by atoms with Crippen LogP contribution >= 0.6 is 47.2 Å². The standard InChI is InChI=1S/C23H22Cl2N2O3S2/c1-30-17-9-6-15(7-10-17)13-20-22(29)27(23(31)32-20)12-4-2-3-5-21(28)26-19-11-8-16(24)14-18(19)25/h6-11,13-14H,2-5,12H2,1H3,(H,26,28)/b20-13-. The number of rotatable bonds is 9. The van der Waals surface area contributed by atoms with E-state index in [1.54, 1.807) is 30.2 Å². The third kappa shape index (κ3) is 6.72. The Morgan fingerprint density at radius 1 is 1.16 bits per heavy atom. The number of benzene rings is 2. The number of thiocarbonyl (C=S) groups is 1. The van der Waals surface area contributed by atoms with Crippen molar-refractivity contribution in [3.05, 3.63) is 63.0 Å². The molecule has 1 N–H and O–H groups in total. The average Bonchev–Trinajstić information content (AvgIpc) is 3.03. The van der Waals surface area contributed by atoms with Gasteiger partial charge in [0.15, 0.2) is 0 Å². The van der Waals surface area contributed by atoms with E-state index in [1.807, 2.05) is 30.3 Å². The first-order valence-corrected chi connectivity index (χ1v) is 12.0. The van der Waals surface area contributed by atoms with Crippen LogP contribution in [0.1, 0.15) is 31.2 Å². The Kier molecular flexibility index (Phi) is 8.99. The molecule has 5 nitrogen and oxygen atoms in total. The number of carbonyl (C=O) groups is 2. The molecule has 0 aromatic heterocycles. The minimum Gasteiger partial charge on any atom is -0.497 e. The number of halogens is 2. The van der Waals surface area contributed by atoms with Gasteiger partial charge in [-0.1, -0.05) is 65.7 Å². The lowest BCUT2D eigenvalue weighted by molar-refractivity contribution is -0.122. The van der Waals surface area contributed by atoms with E-state index in [2.05, 4.69) is 5.32 Å². The SMILES string of the molecule is COc1ccc(/C=C2\SC(=S)N(CCCCCC(=O)Nc3ccc(Cl)cc3Cl)C2=O)cc1. The van der Waals surface area contributed by atoms with Gasteiger partial charge in [-0.2, -0.15) is 0 Å². The molecule has 0 aliphatic carbocycles. The van der Waals surface area contributed by atoms with Crippen LogP contribution in [-0.2, 0) is 9.59 Å². The van der Waals surface area contributed by atoms with Crippen molar-refractivity contribution in [1.82, 2.24) is 4.90 Å². The maximum atomic E-state index is 12.7. The van der Waals surface area contributed by atoms with Gasteiger partial charge in [-0.3, -0.25) is 14.5 Å². The molecule has 32 heavy (non-hydrogen) atoms. The van der Waals surface area contributed by atoms with Crippen molar-refractivity contribution in [2.24, 2.45) is 0 Å². The van der Waals surface area contributed by atoms with E-state index in [-0.39, 0.29) is 11.8 Å². The van der Waals surface area contributed by atoms with Crippen LogP contribution in [0.3, 0.4) is 0 Å². The molecule has 0 bridgehead atoms. The van der Waals surface area contributed by atoms with Crippen molar-refractivity contribution >= 4 is 75.1 Å². The summed E-state index contributed by atoms with van der Waals surface area (Å²) in [5.41, 5.74) is 1.46. The molecule has 2 aromatic rings. The number of anilines is 1. The van der Waals surface area contributed by atoms with Crippen LogP contribution < -0.4 is 10.1 Å². The second kappa shape index (κ2) is 11.7. The largest absolute Gasteiger partial charge is 0.497 e.